The second kappa shape index (κ2) is 15.7. The highest BCUT2D eigenvalue weighted by Gasteiger charge is 2.42. The first kappa shape index (κ1) is 33.7. The molecule has 236 valence electrons. The number of benzene rings is 2. The van der Waals surface area contributed by atoms with Crippen LogP contribution >= 0.6 is 23.2 Å². The van der Waals surface area contributed by atoms with Crippen LogP contribution in [0.2, 0.25) is 10.0 Å². The van der Waals surface area contributed by atoms with Crippen molar-refractivity contribution < 1.29 is 22.7 Å². The molecule has 3 atom stereocenters. The van der Waals surface area contributed by atoms with Gasteiger partial charge in [-0.05, 0) is 92.1 Å². The van der Waals surface area contributed by atoms with Crippen molar-refractivity contribution in [1.29, 1.82) is 0 Å². The average molecular weight is 654 g/mol. The summed E-state index contributed by atoms with van der Waals surface area (Å²) >= 11 is 12.2. The number of nitrogens with one attached hydrogen (secondary N) is 3. The minimum absolute atomic E-state index is 0.178. The van der Waals surface area contributed by atoms with Crippen molar-refractivity contribution >= 4 is 45.0 Å². The molecule has 0 unspecified atom stereocenters. The summed E-state index contributed by atoms with van der Waals surface area (Å²) in [6.45, 7) is 4.59. The normalized spacial score (nSPS) is 20.2. The number of rotatable bonds is 13. The van der Waals surface area contributed by atoms with Gasteiger partial charge in [0.15, 0.2) is 0 Å². The second-order valence-electron chi connectivity index (χ2n) is 11.5. The van der Waals surface area contributed by atoms with Crippen LogP contribution in [0.3, 0.4) is 0 Å². The van der Waals surface area contributed by atoms with Gasteiger partial charge in [-0.1, -0.05) is 48.3 Å². The van der Waals surface area contributed by atoms with E-state index >= 15 is 0 Å². The molecule has 2 saturated heterocycles. The van der Waals surface area contributed by atoms with E-state index in [1.54, 1.807) is 12.1 Å². The number of halogens is 2. The van der Waals surface area contributed by atoms with Gasteiger partial charge in [-0.15, -0.1) is 0 Å². The average Bonchev–Trinajstić information content (AvgIpc) is 3.42. The summed E-state index contributed by atoms with van der Waals surface area (Å²) < 4.78 is 33.3. The number of piperidine rings is 1. The van der Waals surface area contributed by atoms with Gasteiger partial charge in [0, 0.05) is 29.6 Å². The maximum Gasteiger partial charge on any atom is 0.243 e. The van der Waals surface area contributed by atoms with E-state index in [-0.39, 0.29) is 19.0 Å². The van der Waals surface area contributed by atoms with Crippen molar-refractivity contribution in [3.8, 4) is 0 Å². The zero-order valence-electron chi connectivity index (χ0n) is 24.8. The number of hydrogen-bond donors (Lipinski definition) is 3. The fourth-order valence-corrected chi connectivity index (χ4v) is 6.93. The Kier molecular flexibility index (Phi) is 12.3. The smallest absolute Gasteiger partial charge is 0.243 e. The molecule has 0 saturated carbocycles. The summed E-state index contributed by atoms with van der Waals surface area (Å²) in [7, 11) is -3.67. The summed E-state index contributed by atoms with van der Waals surface area (Å²) in [5, 5.41) is 7.53. The number of likely N-dealkylation sites (tertiary alicyclic amines) is 1. The van der Waals surface area contributed by atoms with Gasteiger partial charge in [-0.2, -0.15) is 0 Å². The van der Waals surface area contributed by atoms with Crippen LogP contribution in [0.15, 0.2) is 42.5 Å². The highest BCUT2D eigenvalue weighted by atomic mass is 35.5. The largest absolute Gasteiger partial charge is 0.372 e. The van der Waals surface area contributed by atoms with Crippen molar-refractivity contribution in [2.24, 2.45) is 5.92 Å². The van der Waals surface area contributed by atoms with Crippen LogP contribution in [0, 0.1) is 5.92 Å². The SMILES string of the molecule is CCc1ccc(Cl)cc1CNC(=O)[C@@H]1C[C@@H](OCc2ccc(Cl)cc2)CN1C(=O)[C@@H](CCC1CCNCC1)NS(C)(=O)=O. The number of nitrogens with zero attached hydrogens (tertiary/aromatic N) is 1. The van der Waals surface area contributed by atoms with Crippen LogP contribution in [0.25, 0.3) is 0 Å². The standard InChI is InChI=1S/C31H42Cl2N4O5S/c1-3-23-7-10-26(33)16-24(23)18-35-30(38)29-17-27(42-20-22-4-8-25(32)9-5-22)19-37(29)31(39)28(36-43(2,40)41)11-6-21-12-14-34-15-13-21/h4-5,7-10,16,21,27-29,34,36H,3,6,11-15,17-20H2,1-2H3,(H,35,38)/t27-,28-,29+/m1/s1. The summed E-state index contributed by atoms with van der Waals surface area (Å²) in [5.41, 5.74) is 2.90. The Balaban J connectivity index is 1.50. The minimum atomic E-state index is -3.67. The van der Waals surface area contributed by atoms with E-state index in [9.17, 15) is 18.0 Å². The van der Waals surface area contributed by atoms with Crippen molar-refractivity contribution in [2.45, 2.75) is 76.8 Å². The summed E-state index contributed by atoms with van der Waals surface area (Å²) in [6.07, 6.45) is 4.78. The first-order valence-corrected chi connectivity index (χ1v) is 17.6. The van der Waals surface area contributed by atoms with E-state index in [2.05, 4.69) is 15.4 Å². The number of carbonyl (C=O) groups excluding carboxylic acids is 2. The molecule has 2 heterocycles. The molecule has 2 fully saturated rings. The lowest BCUT2D eigenvalue weighted by atomic mass is 9.91. The van der Waals surface area contributed by atoms with Gasteiger partial charge < -0.3 is 20.3 Å². The molecule has 3 N–H and O–H groups in total. The van der Waals surface area contributed by atoms with Crippen molar-refractivity contribution in [3.05, 3.63) is 69.2 Å². The highest BCUT2D eigenvalue weighted by molar-refractivity contribution is 7.88. The summed E-state index contributed by atoms with van der Waals surface area (Å²) in [4.78, 5) is 29.1. The van der Waals surface area contributed by atoms with Crippen LogP contribution in [0.1, 0.15) is 55.7 Å². The molecule has 9 nitrogen and oxygen atoms in total. The Morgan fingerprint density at radius 3 is 2.44 bits per heavy atom. The molecule has 43 heavy (non-hydrogen) atoms. The van der Waals surface area contributed by atoms with Gasteiger partial charge in [0.2, 0.25) is 21.8 Å². The number of aryl methyl sites for hydroxylation is 1. The molecule has 2 aliphatic rings. The first-order valence-electron chi connectivity index (χ1n) is 14.9. The van der Waals surface area contributed by atoms with E-state index in [0.717, 1.165) is 61.7 Å². The molecule has 2 amide bonds. The van der Waals surface area contributed by atoms with Gasteiger partial charge in [-0.25, -0.2) is 13.1 Å². The Hall–Kier alpha value is -2.21. The quantitative estimate of drug-likeness (QED) is 0.301. The van der Waals surface area contributed by atoms with Gasteiger partial charge >= 0.3 is 0 Å². The van der Waals surface area contributed by atoms with Crippen LogP contribution in [-0.4, -0.2) is 69.2 Å². The molecular weight excluding hydrogens is 611 g/mol. The molecule has 0 bridgehead atoms. The van der Waals surface area contributed by atoms with Crippen LogP contribution in [-0.2, 0) is 43.9 Å². The van der Waals surface area contributed by atoms with E-state index < -0.39 is 34.1 Å². The minimum Gasteiger partial charge on any atom is -0.372 e. The molecule has 0 radical (unpaired) electrons. The molecular formula is C31H42Cl2N4O5S. The summed E-state index contributed by atoms with van der Waals surface area (Å²) in [6, 6.07) is 11.1. The van der Waals surface area contributed by atoms with Gasteiger partial charge in [0.05, 0.1) is 19.0 Å². The van der Waals surface area contributed by atoms with E-state index in [1.807, 2.05) is 37.3 Å². The lowest BCUT2D eigenvalue weighted by molar-refractivity contribution is -0.140. The lowest BCUT2D eigenvalue weighted by Crippen LogP contribution is -2.53. The van der Waals surface area contributed by atoms with Crippen molar-refractivity contribution in [3.63, 3.8) is 0 Å². The number of carbonyl (C=O) groups is 2. The monoisotopic (exact) mass is 652 g/mol. The Morgan fingerprint density at radius 2 is 1.77 bits per heavy atom. The molecule has 2 aromatic carbocycles. The molecule has 2 aromatic rings. The zero-order chi connectivity index (χ0) is 31.0. The van der Waals surface area contributed by atoms with Crippen LogP contribution in [0.4, 0.5) is 0 Å². The zero-order valence-corrected chi connectivity index (χ0v) is 27.1. The number of hydrogen-bond acceptors (Lipinski definition) is 6. The van der Waals surface area contributed by atoms with Crippen LogP contribution in [0.5, 0.6) is 0 Å². The molecule has 2 aliphatic heterocycles. The number of sulfonamides is 1. The van der Waals surface area contributed by atoms with E-state index in [0.29, 0.717) is 35.4 Å². The van der Waals surface area contributed by atoms with Gasteiger partial charge in [0.25, 0.3) is 0 Å². The van der Waals surface area contributed by atoms with Gasteiger partial charge in [-0.3, -0.25) is 9.59 Å². The van der Waals surface area contributed by atoms with E-state index in [4.69, 9.17) is 27.9 Å². The Labute approximate surface area is 265 Å². The molecule has 0 spiro atoms. The Morgan fingerprint density at radius 1 is 1.07 bits per heavy atom. The lowest BCUT2D eigenvalue weighted by Gasteiger charge is -2.30. The maximum atomic E-state index is 14.0. The third-order valence-electron chi connectivity index (χ3n) is 8.23. The van der Waals surface area contributed by atoms with Crippen LogP contribution < -0.4 is 15.4 Å². The topological polar surface area (TPSA) is 117 Å². The Bertz CT molecular complexity index is 1350. The fourth-order valence-electron chi connectivity index (χ4n) is 5.87. The summed E-state index contributed by atoms with van der Waals surface area (Å²) in [5.74, 6) is -0.310. The molecule has 0 aliphatic carbocycles. The number of ether oxygens (including phenoxy) is 1. The first-order chi connectivity index (χ1) is 20.5. The number of amides is 2. The molecule has 0 aromatic heterocycles. The van der Waals surface area contributed by atoms with Crippen molar-refractivity contribution in [2.75, 3.05) is 25.9 Å². The third-order valence-corrected chi connectivity index (χ3v) is 9.43. The predicted octanol–water partition coefficient (Wildman–Crippen LogP) is 4.06. The van der Waals surface area contributed by atoms with E-state index in [1.165, 1.54) is 4.90 Å². The highest BCUT2D eigenvalue weighted by Crippen LogP contribution is 2.26. The molecule has 12 heteroatoms. The maximum absolute atomic E-state index is 14.0. The second-order valence-corrected chi connectivity index (χ2v) is 14.2. The predicted molar refractivity (Wildman–Crippen MR) is 169 cm³/mol. The fraction of sp³-hybridized carbons (Fsp3) is 0.548. The van der Waals surface area contributed by atoms with Gasteiger partial charge in [0.1, 0.15) is 12.1 Å². The third kappa shape index (κ3) is 10.2. The van der Waals surface area contributed by atoms with Crippen molar-refractivity contribution in [1.82, 2.24) is 20.3 Å². The molecule has 4 rings (SSSR count).